The van der Waals surface area contributed by atoms with Crippen molar-refractivity contribution in [3.63, 3.8) is 0 Å². The molecule has 0 bridgehead atoms. The largest absolute Gasteiger partial charge is 0.508 e. The topological polar surface area (TPSA) is 88.3 Å². The standard InChI is InChI=1S/C12H11N3O3/c16-11-5-4-10(15(17)18)7-9(11)8-14-12-3-1-2-6-13-12/h1-7,16H,8H2,(H,13,14). The van der Waals surface area contributed by atoms with E-state index in [4.69, 9.17) is 0 Å². The van der Waals surface area contributed by atoms with Crippen LogP contribution in [0.4, 0.5) is 11.5 Å². The van der Waals surface area contributed by atoms with Crippen molar-refractivity contribution in [3.8, 4) is 5.75 Å². The number of hydrogen-bond acceptors (Lipinski definition) is 5. The second-order valence-electron chi connectivity index (χ2n) is 3.64. The van der Waals surface area contributed by atoms with Gasteiger partial charge < -0.3 is 10.4 Å². The third-order valence-corrected chi connectivity index (χ3v) is 2.40. The number of nitro benzene ring substituents is 1. The predicted octanol–water partition coefficient (Wildman–Crippen LogP) is 2.31. The minimum atomic E-state index is -0.496. The van der Waals surface area contributed by atoms with E-state index in [1.807, 2.05) is 6.07 Å². The molecule has 0 amide bonds. The number of nitrogens with zero attached hydrogens (tertiary/aromatic N) is 2. The lowest BCUT2D eigenvalue weighted by Gasteiger charge is -2.07. The highest BCUT2D eigenvalue weighted by Gasteiger charge is 2.09. The molecular weight excluding hydrogens is 234 g/mol. The average molecular weight is 245 g/mol. The molecule has 0 radical (unpaired) electrons. The van der Waals surface area contributed by atoms with Crippen LogP contribution in [-0.2, 0) is 6.54 Å². The van der Waals surface area contributed by atoms with E-state index >= 15 is 0 Å². The molecule has 18 heavy (non-hydrogen) atoms. The number of nitrogens with one attached hydrogen (secondary N) is 1. The van der Waals surface area contributed by atoms with Gasteiger partial charge in [0.05, 0.1) is 4.92 Å². The minimum Gasteiger partial charge on any atom is -0.508 e. The molecule has 0 aliphatic carbocycles. The Morgan fingerprint density at radius 3 is 2.83 bits per heavy atom. The van der Waals surface area contributed by atoms with Gasteiger partial charge in [0.2, 0.25) is 0 Å². The van der Waals surface area contributed by atoms with Crippen molar-refractivity contribution in [1.29, 1.82) is 0 Å². The molecule has 0 spiro atoms. The number of rotatable bonds is 4. The quantitative estimate of drug-likeness (QED) is 0.637. The second kappa shape index (κ2) is 5.13. The molecule has 92 valence electrons. The molecule has 1 heterocycles. The maximum atomic E-state index is 10.6. The fourth-order valence-electron chi connectivity index (χ4n) is 1.48. The summed E-state index contributed by atoms with van der Waals surface area (Å²) < 4.78 is 0. The van der Waals surface area contributed by atoms with E-state index in [0.29, 0.717) is 11.4 Å². The van der Waals surface area contributed by atoms with Crippen LogP contribution in [0.2, 0.25) is 0 Å². The van der Waals surface area contributed by atoms with E-state index in [2.05, 4.69) is 10.3 Å². The van der Waals surface area contributed by atoms with E-state index in [0.717, 1.165) is 0 Å². The van der Waals surface area contributed by atoms with Crippen LogP contribution < -0.4 is 5.32 Å². The Balaban J connectivity index is 2.14. The molecule has 2 aromatic rings. The molecule has 2 N–H and O–H groups in total. The predicted molar refractivity (Wildman–Crippen MR) is 66.3 cm³/mol. The zero-order chi connectivity index (χ0) is 13.0. The SMILES string of the molecule is O=[N+]([O-])c1ccc(O)c(CNc2ccccn2)c1. The smallest absolute Gasteiger partial charge is 0.270 e. The van der Waals surface area contributed by atoms with Gasteiger partial charge in [0.1, 0.15) is 11.6 Å². The number of non-ortho nitro benzene ring substituents is 1. The Morgan fingerprint density at radius 2 is 2.17 bits per heavy atom. The van der Waals surface area contributed by atoms with E-state index in [1.54, 1.807) is 18.3 Å². The summed E-state index contributed by atoms with van der Waals surface area (Å²) in [5.41, 5.74) is 0.403. The summed E-state index contributed by atoms with van der Waals surface area (Å²) in [7, 11) is 0. The summed E-state index contributed by atoms with van der Waals surface area (Å²) in [5.74, 6) is 0.660. The van der Waals surface area contributed by atoms with Crippen LogP contribution in [0, 0.1) is 10.1 Å². The van der Waals surface area contributed by atoms with Gasteiger partial charge in [0.15, 0.2) is 0 Å². The third-order valence-electron chi connectivity index (χ3n) is 2.40. The van der Waals surface area contributed by atoms with Crippen molar-refractivity contribution in [2.75, 3.05) is 5.32 Å². The number of nitro groups is 1. The maximum absolute atomic E-state index is 10.6. The van der Waals surface area contributed by atoms with Crippen molar-refractivity contribution in [2.45, 2.75) is 6.54 Å². The number of hydrogen-bond donors (Lipinski definition) is 2. The number of aromatic nitrogens is 1. The van der Waals surface area contributed by atoms with Gasteiger partial charge in [0.25, 0.3) is 5.69 Å². The number of phenolic OH excluding ortho intramolecular Hbond substituents is 1. The molecule has 6 heteroatoms. The average Bonchev–Trinajstić information content (AvgIpc) is 2.38. The first-order valence-corrected chi connectivity index (χ1v) is 5.28. The molecule has 6 nitrogen and oxygen atoms in total. The molecule has 0 aliphatic heterocycles. The molecule has 0 saturated heterocycles. The molecule has 1 aromatic heterocycles. The van der Waals surface area contributed by atoms with Gasteiger partial charge in [0, 0.05) is 30.4 Å². The molecule has 2 rings (SSSR count). The first-order chi connectivity index (χ1) is 8.66. The van der Waals surface area contributed by atoms with E-state index in [1.165, 1.54) is 18.2 Å². The lowest BCUT2D eigenvalue weighted by Crippen LogP contribution is -2.01. The van der Waals surface area contributed by atoms with Gasteiger partial charge in [-0.3, -0.25) is 10.1 Å². The van der Waals surface area contributed by atoms with Crippen LogP contribution in [0.15, 0.2) is 42.6 Å². The molecule has 0 fully saturated rings. The Kier molecular flexibility index (Phi) is 3.38. The number of pyridine rings is 1. The Hall–Kier alpha value is -2.63. The van der Waals surface area contributed by atoms with Crippen LogP contribution >= 0.6 is 0 Å². The zero-order valence-electron chi connectivity index (χ0n) is 9.41. The summed E-state index contributed by atoms with van der Waals surface area (Å²) in [5, 5.41) is 23.2. The number of phenols is 1. The van der Waals surface area contributed by atoms with Gasteiger partial charge in [-0.05, 0) is 18.2 Å². The fraction of sp³-hybridized carbons (Fsp3) is 0.0833. The first kappa shape index (κ1) is 11.8. The Bertz CT molecular complexity index is 558. The molecule has 0 unspecified atom stereocenters. The molecule has 0 aliphatic rings. The molecule has 0 saturated carbocycles. The highest BCUT2D eigenvalue weighted by atomic mass is 16.6. The van der Waals surface area contributed by atoms with Gasteiger partial charge >= 0.3 is 0 Å². The Labute approximate surface area is 103 Å². The van der Waals surface area contributed by atoms with Crippen molar-refractivity contribution in [3.05, 3.63) is 58.3 Å². The van der Waals surface area contributed by atoms with Crippen LogP contribution in [0.5, 0.6) is 5.75 Å². The zero-order valence-corrected chi connectivity index (χ0v) is 9.41. The van der Waals surface area contributed by atoms with Gasteiger partial charge in [-0.15, -0.1) is 0 Å². The highest BCUT2D eigenvalue weighted by Crippen LogP contribution is 2.23. The van der Waals surface area contributed by atoms with Crippen molar-refractivity contribution < 1.29 is 10.0 Å². The normalized spacial score (nSPS) is 10.0. The minimum absolute atomic E-state index is 0.0176. The summed E-state index contributed by atoms with van der Waals surface area (Å²) in [4.78, 5) is 14.2. The van der Waals surface area contributed by atoms with Gasteiger partial charge in [-0.1, -0.05) is 6.07 Å². The van der Waals surface area contributed by atoms with Gasteiger partial charge in [-0.25, -0.2) is 4.98 Å². The lowest BCUT2D eigenvalue weighted by molar-refractivity contribution is -0.384. The highest BCUT2D eigenvalue weighted by molar-refractivity contribution is 5.45. The van der Waals surface area contributed by atoms with Gasteiger partial charge in [-0.2, -0.15) is 0 Å². The summed E-state index contributed by atoms with van der Waals surface area (Å²) in [6.45, 7) is 0.268. The van der Waals surface area contributed by atoms with Crippen molar-refractivity contribution >= 4 is 11.5 Å². The monoisotopic (exact) mass is 245 g/mol. The summed E-state index contributed by atoms with van der Waals surface area (Å²) >= 11 is 0. The molecule has 0 atom stereocenters. The number of aromatic hydroxyl groups is 1. The summed E-state index contributed by atoms with van der Waals surface area (Å²) in [6.07, 6.45) is 1.63. The van der Waals surface area contributed by atoms with E-state index < -0.39 is 4.92 Å². The van der Waals surface area contributed by atoms with Crippen LogP contribution in [-0.4, -0.2) is 15.0 Å². The summed E-state index contributed by atoms with van der Waals surface area (Å²) in [6, 6.07) is 9.30. The van der Waals surface area contributed by atoms with E-state index in [9.17, 15) is 15.2 Å². The molecule has 1 aromatic carbocycles. The van der Waals surface area contributed by atoms with Crippen molar-refractivity contribution in [1.82, 2.24) is 4.98 Å². The van der Waals surface area contributed by atoms with Crippen LogP contribution in [0.1, 0.15) is 5.56 Å². The van der Waals surface area contributed by atoms with Crippen LogP contribution in [0.3, 0.4) is 0 Å². The van der Waals surface area contributed by atoms with Crippen molar-refractivity contribution in [2.24, 2.45) is 0 Å². The lowest BCUT2D eigenvalue weighted by atomic mass is 10.2. The third kappa shape index (κ3) is 2.73. The Morgan fingerprint density at radius 1 is 1.33 bits per heavy atom. The number of anilines is 1. The second-order valence-corrected chi connectivity index (χ2v) is 3.64. The number of benzene rings is 1. The van der Waals surface area contributed by atoms with E-state index in [-0.39, 0.29) is 18.0 Å². The first-order valence-electron chi connectivity index (χ1n) is 5.28. The fourth-order valence-corrected chi connectivity index (χ4v) is 1.48. The maximum Gasteiger partial charge on any atom is 0.270 e. The van der Waals surface area contributed by atoms with Crippen LogP contribution in [0.25, 0.3) is 0 Å². The molecular formula is C12H11N3O3.